The van der Waals surface area contributed by atoms with Crippen LogP contribution in [0.25, 0.3) is 11.3 Å². The van der Waals surface area contributed by atoms with Gasteiger partial charge in [-0.15, -0.1) is 0 Å². The fourth-order valence-electron chi connectivity index (χ4n) is 1.78. The molecule has 1 aromatic heterocycles. The first-order chi connectivity index (χ1) is 6.86. The molecule has 70 valence electrons. The number of hydrogen-bond donors (Lipinski definition) is 2. The first-order valence-electron chi connectivity index (χ1n) is 4.41. The molecule has 2 aromatic rings. The number of aromatic nitrogens is 2. The van der Waals surface area contributed by atoms with Crippen LogP contribution in [0.4, 0.5) is 10.1 Å². The molecule has 0 saturated carbocycles. The predicted molar refractivity (Wildman–Crippen MR) is 51.3 cm³/mol. The van der Waals surface area contributed by atoms with Crippen molar-refractivity contribution in [3.63, 3.8) is 0 Å². The molecule has 0 atom stereocenters. The molecule has 1 aromatic carbocycles. The first-order valence-corrected chi connectivity index (χ1v) is 4.41. The summed E-state index contributed by atoms with van der Waals surface area (Å²) in [5.41, 5.74) is 3.20. The summed E-state index contributed by atoms with van der Waals surface area (Å²) < 4.78 is 13.5. The summed E-state index contributed by atoms with van der Waals surface area (Å²) in [5, 5.41) is 9.88. The Balaban J connectivity index is 2.34. The molecular weight excluding hydrogens is 181 g/mol. The number of nitrogens with one attached hydrogen (secondary N) is 2. The summed E-state index contributed by atoms with van der Waals surface area (Å²) in [7, 11) is 0. The van der Waals surface area contributed by atoms with Crippen molar-refractivity contribution < 1.29 is 4.39 Å². The van der Waals surface area contributed by atoms with Crippen LogP contribution in [-0.2, 0) is 6.54 Å². The normalized spacial score (nSPS) is 12.9. The Hall–Kier alpha value is -1.84. The number of rotatable bonds is 0. The summed E-state index contributed by atoms with van der Waals surface area (Å²) >= 11 is 0. The van der Waals surface area contributed by atoms with Crippen LogP contribution in [0, 0.1) is 5.82 Å². The van der Waals surface area contributed by atoms with Crippen molar-refractivity contribution in [3.05, 3.63) is 35.8 Å². The Labute approximate surface area is 80.0 Å². The maximum Gasteiger partial charge on any atom is 0.134 e. The Bertz CT molecular complexity index is 490. The SMILES string of the molecule is Fc1cccc2c1-c1[nH]ncc1CN2. The average Bonchev–Trinajstić information content (AvgIpc) is 2.65. The summed E-state index contributed by atoms with van der Waals surface area (Å²) in [6, 6.07) is 5.02. The van der Waals surface area contributed by atoms with Crippen LogP contribution in [0.1, 0.15) is 5.56 Å². The number of hydrogen-bond acceptors (Lipinski definition) is 2. The Morgan fingerprint density at radius 1 is 1.36 bits per heavy atom. The van der Waals surface area contributed by atoms with E-state index in [1.807, 2.05) is 6.07 Å². The molecule has 0 spiro atoms. The van der Waals surface area contributed by atoms with E-state index in [0.717, 1.165) is 16.9 Å². The highest BCUT2D eigenvalue weighted by Crippen LogP contribution is 2.35. The van der Waals surface area contributed by atoms with Gasteiger partial charge in [0.15, 0.2) is 0 Å². The number of fused-ring (bicyclic) bond motifs is 3. The minimum Gasteiger partial charge on any atom is -0.380 e. The highest BCUT2D eigenvalue weighted by Gasteiger charge is 2.20. The second-order valence-electron chi connectivity index (χ2n) is 3.29. The van der Waals surface area contributed by atoms with Gasteiger partial charge in [0.25, 0.3) is 0 Å². The van der Waals surface area contributed by atoms with E-state index in [1.165, 1.54) is 6.07 Å². The number of H-pyrrole nitrogens is 1. The molecular formula is C10H8FN3. The van der Waals surface area contributed by atoms with Gasteiger partial charge < -0.3 is 5.32 Å². The quantitative estimate of drug-likeness (QED) is 0.666. The molecule has 1 aliphatic heterocycles. The third kappa shape index (κ3) is 0.878. The number of benzene rings is 1. The lowest BCUT2D eigenvalue weighted by atomic mass is 10.0. The third-order valence-corrected chi connectivity index (χ3v) is 2.45. The van der Waals surface area contributed by atoms with Crippen LogP contribution < -0.4 is 5.32 Å². The number of halogens is 1. The van der Waals surface area contributed by atoms with Gasteiger partial charge in [0.05, 0.1) is 17.5 Å². The largest absolute Gasteiger partial charge is 0.380 e. The molecule has 0 radical (unpaired) electrons. The van der Waals surface area contributed by atoms with Crippen molar-refractivity contribution in [2.24, 2.45) is 0 Å². The van der Waals surface area contributed by atoms with Gasteiger partial charge in [-0.25, -0.2) is 4.39 Å². The van der Waals surface area contributed by atoms with E-state index >= 15 is 0 Å². The molecule has 0 amide bonds. The standard InChI is InChI=1S/C10H8FN3/c11-7-2-1-3-8-9(7)10-6(4-12-8)5-13-14-10/h1-3,5,12H,4H2,(H,13,14). The van der Waals surface area contributed by atoms with Gasteiger partial charge in [-0.2, -0.15) is 5.10 Å². The van der Waals surface area contributed by atoms with Gasteiger partial charge in [0, 0.05) is 17.8 Å². The fraction of sp³-hybridized carbons (Fsp3) is 0.100. The summed E-state index contributed by atoms with van der Waals surface area (Å²) in [6.45, 7) is 0.697. The van der Waals surface area contributed by atoms with Crippen molar-refractivity contribution in [2.45, 2.75) is 6.54 Å². The zero-order chi connectivity index (χ0) is 9.54. The molecule has 2 N–H and O–H groups in total. The van der Waals surface area contributed by atoms with Crippen LogP contribution in [-0.4, -0.2) is 10.2 Å². The van der Waals surface area contributed by atoms with Crippen LogP contribution in [0.2, 0.25) is 0 Å². The smallest absolute Gasteiger partial charge is 0.134 e. The van der Waals surface area contributed by atoms with Crippen molar-refractivity contribution in [2.75, 3.05) is 5.32 Å². The molecule has 0 saturated heterocycles. The second-order valence-corrected chi connectivity index (χ2v) is 3.29. The molecule has 3 rings (SSSR count). The lowest BCUT2D eigenvalue weighted by molar-refractivity contribution is 0.630. The Morgan fingerprint density at radius 2 is 2.29 bits per heavy atom. The molecule has 0 bridgehead atoms. The molecule has 0 unspecified atom stereocenters. The van der Waals surface area contributed by atoms with Crippen LogP contribution in [0.5, 0.6) is 0 Å². The minimum atomic E-state index is -0.222. The van der Waals surface area contributed by atoms with Gasteiger partial charge in [-0.05, 0) is 12.1 Å². The number of anilines is 1. The highest BCUT2D eigenvalue weighted by atomic mass is 19.1. The number of aromatic amines is 1. The summed E-state index contributed by atoms with van der Waals surface area (Å²) in [5.74, 6) is -0.222. The van der Waals surface area contributed by atoms with Gasteiger partial charge >= 0.3 is 0 Å². The monoisotopic (exact) mass is 189 g/mol. The van der Waals surface area contributed by atoms with Crippen molar-refractivity contribution in [3.8, 4) is 11.3 Å². The van der Waals surface area contributed by atoms with E-state index in [9.17, 15) is 4.39 Å². The maximum absolute atomic E-state index is 13.5. The van der Waals surface area contributed by atoms with Gasteiger partial charge in [-0.3, -0.25) is 5.10 Å². The first kappa shape index (κ1) is 7.55. The zero-order valence-electron chi connectivity index (χ0n) is 7.34. The minimum absolute atomic E-state index is 0.222. The molecule has 14 heavy (non-hydrogen) atoms. The molecule has 4 heteroatoms. The van der Waals surface area contributed by atoms with Gasteiger partial charge in [0.2, 0.25) is 0 Å². The highest BCUT2D eigenvalue weighted by molar-refractivity contribution is 5.80. The Kier molecular flexibility index (Phi) is 1.39. The lowest BCUT2D eigenvalue weighted by Crippen LogP contribution is -2.08. The van der Waals surface area contributed by atoms with Crippen LogP contribution in [0.3, 0.4) is 0 Å². The van der Waals surface area contributed by atoms with Crippen molar-refractivity contribution >= 4 is 5.69 Å². The summed E-state index contributed by atoms with van der Waals surface area (Å²) in [4.78, 5) is 0. The van der Waals surface area contributed by atoms with Crippen LogP contribution in [0.15, 0.2) is 24.4 Å². The molecule has 0 aliphatic carbocycles. The van der Waals surface area contributed by atoms with E-state index in [-0.39, 0.29) is 5.82 Å². The molecule has 3 nitrogen and oxygen atoms in total. The summed E-state index contributed by atoms with van der Waals surface area (Å²) in [6.07, 6.45) is 1.72. The zero-order valence-corrected chi connectivity index (χ0v) is 7.34. The van der Waals surface area contributed by atoms with E-state index in [1.54, 1.807) is 12.3 Å². The second kappa shape index (κ2) is 2.57. The Morgan fingerprint density at radius 3 is 3.21 bits per heavy atom. The van der Waals surface area contributed by atoms with E-state index in [2.05, 4.69) is 15.5 Å². The van der Waals surface area contributed by atoms with E-state index in [0.29, 0.717) is 12.1 Å². The topological polar surface area (TPSA) is 40.7 Å². The van der Waals surface area contributed by atoms with Gasteiger partial charge in [-0.1, -0.05) is 6.07 Å². The van der Waals surface area contributed by atoms with Crippen molar-refractivity contribution in [1.29, 1.82) is 0 Å². The number of nitrogens with zero attached hydrogens (tertiary/aromatic N) is 1. The van der Waals surface area contributed by atoms with Crippen LogP contribution >= 0.6 is 0 Å². The predicted octanol–water partition coefficient (Wildman–Crippen LogP) is 2.14. The van der Waals surface area contributed by atoms with Gasteiger partial charge in [0.1, 0.15) is 5.82 Å². The maximum atomic E-state index is 13.5. The average molecular weight is 189 g/mol. The van der Waals surface area contributed by atoms with Crippen molar-refractivity contribution in [1.82, 2.24) is 10.2 Å². The van der Waals surface area contributed by atoms with E-state index in [4.69, 9.17) is 0 Å². The molecule has 2 heterocycles. The third-order valence-electron chi connectivity index (χ3n) is 2.45. The molecule has 0 fully saturated rings. The molecule has 1 aliphatic rings. The fourth-order valence-corrected chi connectivity index (χ4v) is 1.78. The lowest BCUT2D eigenvalue weighted by Gasteiger charge is -2.17. The van der Waals surface area contributed by atoms with E-state index < -0.39 is 0 Å².